The Bertz CT molecular complexity index is 383. The molecule has 0 amide bonds. The molecule has 0 aromatic heterocycles. The molecule has 2 atom stereocenters. The summed E-state index contributed by atoms with van der Waals surface area (Å²) in [6.45, 7) is 3.22. The van der Waals surface area contributed by atoms with Crippen LogP contribution in [0, 0.1) is 5.92 Å². The number of aliphatic hydroxyl groups is 1. The summed E-state index contributed by atoms with van der Waals surface area (Å²) < 4.78 is 25.1. The number of hydrogen-bond donors (Lipinski definition) is 1. The average molecular weight is 254 g/mol. The molecule has 0 aliphatic heterocycles. The smallest absolute Gasteiger partial charge is 0.269 e. The van der Waals surface area contributed by atoms with Gasteiger partial charge in [-0.15, -0.1) is 0 Å². The van der Waals surface area contributed by atoms with Crippen molar-refractivity contribution in [2.75, 3.05) is 0 Å². The normalized spacial score (nSPS) is 14.1. The minimum Gasteiger partial charge on any atom is -0.392 e. The van der Waals surface area contributed by atoms with E-state index in [4.69, 9.17) is 0 Å². The second-order valence-corrected chi connectivity index (χ2v) is 4.55. The maximum Gasteiger partial charge on any atom is 0.269 e. The first-order valence-corrected chi connectivity index (χ1v) is 6.30. The monoisotopic (exact) mass is 254 g/mol. The Balaban J connectivity index is 2.59. The van der Waals surface area contributed by atoms with Crippen molar-refractivity contribution in [3.05, 3.63) is 47.5 Å². The summed E-state index contributed by atoms with van der Waals surface area (Å²) in [5, 5.41) is 10.0. The van der Waals surface area contributed by atoms with Crippen LogP contribution in [0.4, 0.5) is 8.78 Å². The second-order valence-electron chi connectivity index (χ2n) is 4.55. The van der Waals surface area contributed by atoms with E-state index in [0.29, 0.717) is 19.3 Å². The summed E-state index contributed by atoms with van der Waals surface area (Å²) >= 11 is 0. The zero-order valence-electron chi connectivity index (χ0n) is 10.9. The van der Waals surface area contributed by atoms with Crippen LogP contribution in [0.2, 0.25) is 0 Å². The van der Waals surface area contributed by atoms with Crippen LogP contribution in [0.5, 0.6) is 0 Å². The SMILES string of the molecule is CC[C@H](C(C)=C(F)F)[C@H](O)CCc1ccccc1. The average Bonchev–Trinajstić information content (AvgIpc) is 2.38. The van der Waals surface area contributed by atoms with E-state index in [1.165, 1.54) is 6.92 Å². The van der Waals surface area contributed by atoms with Crippen molar-refractivity contribution in [3.8, 4) is 0 Å². The number of benzene rings is 1. The van der Waals surface area contributed by atoms with Crippen molar-refractivity contribution < 1.29 is 13.9 Å². The van der Waals surface area contributed by atoms with Crippen LogP contribution in [-0.4, -0.2) is 11.2 Å². The van der Waals surface area contributed by atoms with E-state index in [-0.39, 0.29) is 5.57 Å². The maximum absolute atomic E-state index is 12.6. The molecule has 1 nitrogen and oxygen atoms in total. The molecule has 0 fully saturated rings. The number of rotatable bonds is 6. The lowest BCUT2D eigenvalue weighted by molar-refractivity contribution is 0.110. The fourth-order valence-electron chi connectivity index (χ4n) is 2.17. The quantitative estimate of drug-likeness (QED) is 0.807. The van der Waals surface area contributed by atoms with E-state index >= 15 is 0 Å². The Morgan fingerprint density at radius 1 is 1.22 bits per heavy atom. The molecule has 0 spiro atoms. The summed E-state index contributed by atoms with van der Waals surface area (Å²) in [5.41, 5.74) is 1.13. The maximum atomic E-state index is 12.6. The van der Waals surface area contributed by atoms with Crippen LogP contribution in [0.25, 0.3) is 0 Å². The first kappa shape index (κ1) is 14.8. The van der Waals surface area contributed by atoms with Crippen molar-refractivity contribution in [2.24, 2.45) is 5.92 Å². The third-order valence-corrected chi connectivity index (χ3v) is 3.33. The number of aryl methyl sites for hydroxylation is 1. The minimum atomic E-state index is -1.67. The van der Waals surface area contributed by atoms with Gasteiger partial charge in [-0.1, -0.05) is 37.3 Å². The number of aliphatic hydroxyl groups excluding tert-OH is 1. The van der Waals surface area contributed by atoms with Gasteiger partial charge >= 0.3 is 0 Å². The Labute approximate surface area is 107 Å². The van der Waals surface area contributed by atoms with Crippen LogP contribution < -0.4 is 0 Å². The third-order valence-electron chi connectivity index (χ3n) is 3.33. The lowest BCUT2D eigenvalue weighted by Crippen LogP contribution is -2.22. The van der Waals surface area contributed by atoms with Crippen LogP contribution >= 0.6 is 0 Å². The fourth-order valence-corrected chi connectivity index (χ4v) is 2.17. The molecule has 0 bridgehead atoms. The molecule has 3 heteroatoms. The topological polar surface area (TPSA) is 20.2 Å². The van der Waals surface area contributed by atoms with Gasteiger partial charge in [-0.05, 0) is 37.3 Å². The number of halogens is 2. The molecule has 1 aromatic rings. The second kappa shape index (κ2) is 7.27. The third kappa shape index (κ3) is 4.22. The highest BCUT2D eigenvalue weighted by atomic mass is 19.3. The molecule has 0 unspecified atom stereocenters. The molecule has 1 rings (SSSR count). The summed E-state index contributed by atoms with van der Waals surface area (Å²) in [5.74, 6) is -0.446. The van der Waals surface area contributed by atoms with Crippen molar-refractivity contribution in [2.45, 2.75) is 39.2 Å². The van der Waals surface area contributed by atoms with Gasteiger partial charge in [-0.25, -0.2) is 0 Å². The first-order valence-electron chi connectivity index (χ1n) is 6.30. The van der Waals surface area contributed by atoms with Crippen LogP contribution in [-0.2, 0) is 6.42 Å². The van der Waals surface area contributed by atoms with Gasteiger partial charge in [0.05, 0.1) is 6.10 Å². The summed E-state index contributed by atoms with van der Waals surface area (Å²) in [7, 11) is 0. The predicted molar refractivity (Wildman–Crippen MR) is 69.5 cm³/mol. The largest absolute Gasteiger partial charge is 0.392 e. The van der Waals surface area contributed by atoms with Gasteiger partial charge in [0.2, 0.25) is 0 Å². The zero-order valence-corrected chi connectivity index (χ0v) is 10.9. The van der Waals surface area contributed by atoms with Crippen molar-refractivity contribution in [1.82, 2.24) is 0 Å². The highest BCUT2D eigenvalue weighted by molar-refractivity contribution is 5.15. The van der Waals surface area contributed by atoms with E-state index < -0.39 is 18.1 Å². The summed E-state index contributed by atoms with van der Waals surface area (Å²) in [4.78, 5) is 0. The number of hydrogen-bond acceptors (Lipinski definition) is 1. The molecule has 0 radical (unpaired) electrons. The minimum absolute atomic E-state index is 0.0121. The van der Waals surface area contributed by atoms with Gasteiger partial charge in [0, 0.05) is 5.92 Å². The van der Waals surface area contributed by atoms with Gasteiger partial charge in [0.1, 0.15) is 0 Å². The standard InChI is InChI=1S/C15H20F2O/c1-3-13(11(2)15(16)17)14(18)10-9-12-7-5-4-6-8-12/h4-8,13-14,18H,3,9-10H2,1-2H3/t13-,14-/m1/s1. The van der Waals surface area contributed by atoms with Crippen molar-refractivity contribution >= 4 is 0 Å². The fraction of sp³-hybridized carbons (Fsp3) is 0.467. The molecule has 0 saturated heterocycles. The zero-order chi connectivity index (χ0) is 13.5. The molecular formula is C15H20F2O. The van der Waals surface area contributed by atoms with E-state index in [0.717, 1.165) is 5.56 Å². The first-order chi connectivity index (χ1) is 8.56. The van der Waals surface area contributed by atoms with Crippen LogP contribution in [0.1, 0.15) is 32.3 Å². The molecule has 0 aliphatic rings. The van der Waals surface area contributed by atoms with Gasteiger partial charge in [-0.2, -0.15) is 8.78 Å². The Kier molecular flexibility index (Phi) is 5.99. The lowest BCUT2D eigenvalue weighted by Gasteiger charge is -2.21. The lowest BCUT2D eigenvalue weighted by atomic mass is 9.89. The van der Waals surface area contributed by atoms with Gasteiger partial charge in [-0.3, -0.25) is 0 Å². The molecule has 0 heterocycles. The van der Waals surface area contributed by atoms with Crippen molar-refractivity contribution in [3.63, 3.8) is 0 Å². The van der Waals surface area contributed by atoms with Crippen LogP contribution in [0.15, 0.2) is 42.0 Å². The molecule has 1 N–H and O–H groups in total. The predicted octanol–water partition coefficient (Wildman–Crippen LogP) is 4.18. The molecule has 0 saturated carbocycles. The van der Waals surface area contributed by atoms with Gasteiger partial charge in [0.15, 0.2) is 0 Å². The summed E-state index contributed by atoms with van der Waals surface area (Å²) in [6.07, 6.45) is -0.635. The Morgan fingerprint density at radius 2 is 1.83 bits per heavy atom. The van der Waals surface area contributed by atoms with Crippen molar-refractivity contribution in [1.29, 1.82) is 0 Å². The Morgan fingerprint density at radius 3 is 2.33 bits per heavy atom. The summed E-state index contributed by atoms with van der Waals surface area (Å²) in [6, 6.07) is 9.76. The molecule has 100 valence electrons. The van der Waals surface area contributed by atoms with Gasteiger partial charge in [0.25, 0.3) is 6.08 Å². The molecule has 18 heavy (non-hydrogen) atoms. The van der Waals surface area contributed by atoms with E-state index in [2.05, 4.69) is 0 Å². The van der Waals surface area contributed by atoms with Gasteiger partial charge < -0.3 is 5.11 Å². The molecule has 0 aliphatic carbocycles. The Hall–Kier alpha value is -1.22. The highest BCUT2D eigenvalue weighted by Crippen LogP contribution is 2.26. The van der Waals surface area contributed by atoms with E-state index in [1.807, 2.05) is 37.3 Å². The van der Waals surface area contributed by atoms with E-state index in [9.17, 15) is 13.9 Å². The molecule has 1 aromatic carbocycles. The highest BCUT2D eigenvalue weighted by Gasteiger charge is 2.21. The molecular weight excluding hydrogens is 234 g/mol. The van der Waals surface area contributed by atoms with E-state index in [1.54, 1.807) is 0 Å². The van der Waals surface area contributed by atoms with Crippen LogP contribution in [0.3, 0.4) is 0 Å².